The quantitative estimate of drug-likeness (QED) is 0.154. The summed E-state index contributed by atoms with van der Waals surface area (Å²) in [5.74, 6) is -1.50. The van der Waals surface area contributed by atoms with Gasteiger partial charge in [-0.1, -0.05) is 37.1 Å². The van der Waals surface area contributed by atoms with E-state index in [0.717, 1.165) is 22.3 Å². The average Bonchev–Trinajstić information content (AvgIpc) is 3.68. The van der Waals surface area contributed by atoms with Gasteiger partial charge in [-0.3, -0.25) is 9.98 Å². The summed E-state index contributed by atoms with van der Waals surface area (Å²) >= 11 is 0. The van der Waals surface area contributed by atoms with Gasteiger partial charge in [0.1, 0.15) is 0 Å². The van der Waals surface area contributed by atoms with E-state index in [0.29, 0.717) is 94.3 Å². The number of hydrogen-bond donors (Lipinski definition) is 0. The number of ether oxygens (including phenoxy) is 4. The Balaban J connectivity index is 0.000000347. The first-order chi connectivity index (χ1) is 23.6. The van der Waals surface area contributed by atoms with E-state index in [1.54, 1.807) is 67.5 Å². The van der Waals surface area contributed by atoms with Crippen molar-refractivity contribution in [1.29, 1.82) is 0 Å². The molecule has 0 saturated heterocycles. The van der Waals surface area contributed by atoms with Gasteiger partial charge in [-0.15, -0.1) is 22.8 Å². The van der Waals surface area contributed by atoms with Gasteiger partial charge in [-0.25, -0.2) is 19.2 Å². The van der Waals surface area contributed by atoms with Crippen LogP contribution in [0.2, 0.25) is 0 Å². The molecule has 0 aliphatic carbocycles. The fourth-order valence-electron chi connectivity index (χ4n) is 5.72. The number of aryl methyl sites for hydroxylation is 2. The van der Waals surface area contributed by atoms with Crippen LogP contribution in [0.4, 0.5) is 0 Å². The van der Waals surface area contributed by atoms with Crippen LogP contribution in [0.1, 0.15) is 110 Å². The maximum atomic E-state index is 12.1. The molecule has 0 bridgehead atoms. The van der Waals surface area contributed by atoms with Gasteiger partial charge < -0.3 is 28.9 Å². The van der Waals surface area contributed by atoms with E-state index >= 15 is 0 Å². The SMILES string of the molecule is CCOC(=O)C1=C(C)/C(=C/c2[n-]c(C)c(C(=O)OCC)c2C)N=C1C.CCOC(=O)C1=C(C)/C(=C/c2[n-]c(C)c(C(=O)OCC)c2C)N=C1C.[Ni+2]. The number of hydrogen-bond acceptors (Lipinski definition) is 10. The first-order valence-electron chi connectivity index (χ1n) is 16.6. The molecule has 12 nitrogen and oxygen atoms in total. The van der Waals surface area contributed by atoms with Crippen LogP contribution >= 0.6 is 0 Å². The molecule has 51 heavy (non-hydrogen) atoms. The monoisotopic (exact) mass is 744 g/mol. The molecule has 4 rings (SSSR count). The molecule has 0 aromatic carbocycles. The van der Waals surface area contributed by atoms with Gasteiger partial charge in [0, 0.05) is 11.1 Å². The molecule has 276 valence electrons. The van der Waals surface area contributed by atoms with E-state index in [1.165, 1.54) is 0 Å². The molecule has 0 radical (unpaired) electrons. The van der Waals surface area contributed by atoms with Crippen LogP contribution in [0.15, 0.2) is 43.7 Å². The number of aliphatic imine (C=N–C) groups is 2. The summed E-state index contributed by atoms with van der Waals surface area (Å²) in [6.07, 6.45) is 3.58. The zero-order valence-electron chi connectivity index (χ0n) is 31.4. The van der Waals surface area contributed by atoms with Crippen molar-refractivity contribution in [2.75, 3.05) is 26.4 Å². The van der Waals surface area contributed by atoms with Crippen molar-refractivity contribution in [1.82, 2.24) is 9.97 Å². The van der Waals surface area contributed by atoms with Gasteiger partial charge in [0.15, 0.2) is 0 Å². The number of allylic oxidation sites excluding steroid dienone is 2. The Morgan fingerprint density at radius 3 is 1.12 bits per heavy atom. The van der Waals surface area contributed by atoms with Gasteiger partial charge in [0.2, 0.25) is 0 Å². The van der Waals surface area contributed by atoms with Crippen molar-refractivity contribution in [3.8, 4) is 0 Å². The molecule has 0 saturated carbocycles. The smallest absolute Gasteiger partial charge is 0.661 e. The molecule has 0 fully saturated rings. The van der Waals surface area contributed by atoms with E-state index in [9.17, 15) is 19.2 Å². The molecule has 0 amide bonds. The van der Waals surface area contributed by atoms with Crippen LogP contribution in [0.3, 0.4) is 0 Å². The molecule has 4 heterocycles. The number of carbonyl (C=O) groups is 4. The van der Waals surface area contributed by atoms with Gasteiger partial charge >= 0.3 is 40.4 Å². The first-order valence-corrected chi connectivity index (χ1v) is 16.6. The zero-order valence-corrected chi connectivity index (χ0v) is 32.3. The van der Waals surface area contributed by atoms with Crippen molar-refractivity contribution in [3.63, 3.8) is 0 Å². The van der Waals surface area contributed by atoms with Crippen LogP contribution in [-0.2, 0) is 45.0 Å². The summed E-state index contributed by atoms with van der Waals surface area (Å²) < 4.78 is 20.4. The van der Waals surface area contributed by atoms with Crippen molar-refractivity contribution in [2.45, 2.75) is 83.1 Å². The summed E-state index contributed by atoms with van der Waals surface area (Å²) in [5, 5.41) is 0. The Morgan fingerprint density at radius 1 is 0.529 bits per heavy atom. The van der Waals surface area contributed by atoms with Crippen LogP contribution in [0, 0.1) is 27.7 Å². The molecule has 0 spiro atoms. The Hall–Kier alpha value is -4.77. The van der Waals surface area contributed by atoms with Gasteiger partial charge in [-0.2, -0.15) is 0 Å². The van der Waals surface area contributed by atoms with Crippen LogP contribution < -0.4 is 9.97 Å². The van der Waals surface area contributed by atoms with E-state index in [2.05, 4.69) is 20.0 Å². The maximum Gasteiger partial charge on any atom is 2.00 e. The summed E-state index contributed by atoms with van der Waals surface area (Å²) in [5.41, 5.74) is 9.99. The van der Waals surface area contributed by atoms with Crippen molar-refractivity contribution >= 4 is 47.5 Å². The minimum absolute atomic E-state index is 0. The third-order valence-corrected chi connectivity index (χ3v) is 8.10. The summed E-state index contributed by atoms with van der Waals surface area (Å²) in [6, 6.07) is 0. The first kappa shape index (κ1) is 42.4. The van der Waals surface area contributed by atoms with Crippen molar-refractivity contribution < 1.29 is 54.6 Å². The normalized spacial score (nSPS) is 15.3. The second-order valence-corrected chi connectivity index (χ2v) is 11.5. The molecule has 2 aliphatic heterocycles. The molecular weight excluding hydrogens is 699 g/mol. The molecule has 2 aromatic heterocycles. The Kier molecular flexibility index (Phi) is 15.4. The predicted octanol–water partition coefficient (Wildman–Crippen LogP) is 6.26. The van der Waals surface area contributed by atoms with Crippen molar-refractivity contribution in [2.24, 2.45) is 9.98 Å². The third kappa shape index (κ3) is 9.32. The standard InChI is InChI=1S/2C19H24N2O4.Ni/c2*1-7-24-18(22)16-10(3)14(20-12(16)5)9-15-11(4)17(13(6)21-15)19(23)25-8-2;/h2*9H,7-8H2,1-6H3,(H,20,21,22,23);/q;;+2/p-2. The van der Waals surface area contributed by atoms with Crippen LogP contribution in [0.5, 0.6) is 0 Å². The van der Waals surface area contributed by atoms with Crippen LogP contribution in [-0.4, -0.2) is 61.7 Å². The summed E-state index contributed by atoms with van der Waals surface area (Å²) in [7, 11) is 0. The number of rotatable bonds is 10. The minimum Gasteiger partial charge on any atom is -0.661 e. The molecule has 2 aromatic rings. The molecule has 0 unspecified atom stereocenters. The maximum absolute atomic E-state index is 12.1. The van der Waals surface area contributed by atoms with E-state index in [1.807, 2.05) is 27.7 Å². The second kappa shape index (κ2) is 18.5. The number of nitrogens with zero attached hydrogens (tertiary/aromatic N) is 4. The summed E-state index contributed by atoms with van der Waals surface area (Å²) in [6.45, 7) is 22.7. The summed E-state index contributed by atoms with van der Waals surface area (Å²) in [4.78, 5) is 66.2. The molecule has 0 N–H and O–H groups in total. The third-order valence-electron chi connectivity index (χ3n) is 8.10. The fraction of sp³-hybridized carbons (Fsp3) is 0.421. The Labute approximate surface area is 309 Å². The van der Waals surface area contributed by atoms with Gasteiger partial charge in [0.05, 0.1) is 60.4 Å². The minimum atomic E-state index is -0.375. The number of aromatic nitrogens is 2. The fourth-order valence-corrected chi connectivity index (χ4v) is 5.72. The topological polar surface area (TPSA) is 158 Å². The van der Waals surface area contributed by atoms with E-state index in [-0.39, 0.29) is 40.4 Å². The van der Waals surface area contributed by atoms with Crippen molar-refractivity contribution in [3.05, 3.63) is 78.7 Å². The van der Waals surface area contributed by atoms with E-state index in [4.69, 9.17) is 18.9 Å². The zero-order chi connectivity index (χ0) is 37.4. The van der Waals surface area contributed by atoms with Gasteiger partial charge in [0.25, 0.3) is 0 Å². The Bertz CT molecular complexity index is 1760. The van der Waals surface area contributed by atoms with Crippen LogP contribution in [0.25, 0.3) is 12.2 Å². The number of carbonyl (C=O) groups excluding carboxylic acids is 4. The molecule has 0 atom stereocenters. The molecule has 13 heteroatoms. The molecular formula is C38H46N4NiO8. The van der Waals surface area contributed by atoms with Gasteiger partial charge in [-0.05, 0) is 80.4 Å². The average molecular weight is 745 g/mol. The number of esters is 4. The van der Waals surface area contributed by atoms with E-state index < -0.39 is 0 Å². The second-order valence-electron chi connectivity index (χ2n) is 11.5. The predicted molar refractivity (Wildman–Crippen MR) is 191 cm³/mol. The Morgan fingerprint density at radius 2 is 0.824 bits per heavy atom. The molecule has 2 aliphatic rings. The largest absolute Gasteiger partial charge is 2.00 e.